The van der Waals surface area contributed by atoms with E-state index in [1.54, 1.807) is 24.3 Å². The van der Waals surface area contributed by atoms with Crippen LogP contribution in [0.3, 0.4) is 0 Å². The van der Waals surface area contributed by atoms with Crippen LogP contribution < -0.4 is 16.0 Å². The lowest BCUT2D eigenvalue weighted by molar-refractivity contribution is -0.124. The van der Waals surface area contributed by atoms with Crippen molar-refractivity contribution >= 4 is 23.4 Å². The fourth-order valence-corrected chi connectivity index (χ4v) is 2.94. The molecule has 1 aliphatic rings. The van der Waals surface area contributed by atoms with Gasteiger partial charge in [0, 0.05) is 17.1 Å². The third-order valence-electron chi connectivity index (χ3n) is 4.31. The Morgan fingerprint density at radius 1 is 1.29 bits per heavy atom. The molecular weight excluding hydrogens is 326 g/mol. The molecule has 2 amide bonds. The van der Waals surface area contributed by atoms with Crippen LogP contribution in [0.2, 0.25) is 5.02 Å². The monoisotopic (exact) mass is 351 g/mol. The van der Waals surface area contributed by atoms with Crippen molar-refractivity contribution in [2.75, 3.05) is 19.6 Å². The molecule has 1 fully saturated rings. The van der Waals surface area contributed by atoms with E-state index in [4.69, 9.17) is 11.6 Å². The average molecular weight is 352 g/mol. The predicted octanol–water partition coefficient (Wildman–Crippen LogP) is 2.21. The molecule has 1 heterocycles. The second-order valence-corrected chi connectivity index (χ2v) is 7.10. The van der Waals surface area contributed by atoms with Crippen molar-refractivity contribution in [1.82, 2.24) is 16.0 Å². The highest BCUT2D eigenvalue weighted by Crippen LogP contribution is 2.11. The Labute approximate surface area is 148 Å². The number of halogens is 1. The van der Waals surface area contributed by atoms with E-state index in [0.717, 1.165) is 25.9 Å². The standard InChI is InChI=1S/C18H26ClN3O2/c1-12(2)16(18(24)21-11-13-4-3-9-20-10-13)22-17(23)14-5-7-15(19)8-6-14/h5-8,12-13,16,20H,3-4,9-11H2,1-2H3,(H,21,24)(H,22,23). The van der Waals surface area contributed by atoms with E-state index in [0.29, 0.717) is 23.0 Å². The van der Waals surface area contributed by atoms with Crippen LogP contribution in [0.4, 0.5) is 0 Å². The fourth-order valence-electron chi connectivity index (χ4n) is 2.81. The summed E-state index contributed by atoms with van der Waals surface area (Å²) in [5, 5.41) is 9.73. The fraction of sp³-hybridized carbons (Fsp3) is 0.556. The van der Waals surface area contributed by atoms with Crippen LogP contribution in [0.25, 0.3) is 0 Å². The summed E-state index contributed by atoms with van der Waals surface area (Å²) in [4.78, 5) is 24.8. The lowest BCUT2D eigenvalue weighted by atomic mass is 9.98. The van der Waals surface area contributed by atoms with Crippen LogP contribution in [0.15, 0.2) is 24.3 Å². The lowest BCUT2D eigenvalue weighted by Crippen LogP contribution is -2.51. The molecular formula is C18H26ClN3O2. The van der Waals surface area contributed by atoms with Gasteiger partial charge in [-0.2, -0.15) is 0 Å². The van der Waals surface area contributed by atoms with Crippen LogP contribution in [0.5, 0.6) is 0 Å². The van der Waals surface area contributed by atoms with Gasteiger partial charge in [-0.15, -0.1) is 0 Å². The number of hydrogen-bond acceptors (Lipinski definition) is 3. The van der Waals surface area contributed by atoms with Crippen LogP contribution in [0.1, 0.15) is 37.0 Å². The third-order valence-corrected chi connectivity index (χ3v) is 4.56. The molecule has 2 atom stereocenters. The number of amides is 2. The molecule has 6 heteroatoms. The molecule has 2 rings (SSSR count). The summed E-state index contributed by atoms with van der Waals surface area (Å²) in [7, 11) is 0. The molecule has 0 bridgehead atoms. The van der Waals surface area contributed by atoms with Crippen LogP contribution >= 0.6 is 11.6 Å². The van der Waals surface area contributed by atoms with E-state index in [2.05, 4.69) is 16.0 Å². The molecule has 1 saturated heterocycles. The highest BCUT2D eigenvalue weighted by atomic mass is 35.5. The number of carbonyl (C=O) groups is 2. The van der Waals surface area contributed by atoms with Crippen molar-refractivity contribution in [1.29, 1.82) is 0 Å². The smallest absolute Gasteiger partial charge is 0.251 e. The van der Waals surface area contributed by atoms with E-state index >= 15 is 0 Å². The summed E-state index contributed by atoms with van der Waals surface area (Å²) in [6, 6.07) is 6.08. The van der Waals surface area contributed by atoms with Gasteiger partial charge >= 0.3 is 0 Å². The zero-order chi connectivity index (χ0) is 17.5. The number of carbonyl (C=O) groups excluding carboxylic acids is 2. The van der Waals surface area contributed by atoms with Crippen molar-refractivity contribution in [3.8, 4) is 0 Å². The number of rotatable bonds is 6. The number of piperidine rings is 1. The first kappa shape index (κ1) is 18.7. The molecule has 24 heavy (non-hydrogen) atoms. The Bertz CT molecular complexity index is 554. The van der Waals surface area contributed by atoms with E-state index in [1.807, 2.05) is 13.8 Å². The lowest BCUT2D eigenvalue weighted by Gasteiger charge is -2.26. The van der Waals surface area contributed by atoms with Crippen LogP contribution in [0, 0.1) is 11.8 Å². The molecule has 5 nitrogen and oxygen atoms in total. The second kappa shape index (κ2) is 9.04. The summed E-state index contributed by atoms with van der Waals surface area (Å²) >= 11 is 5.84. The van der Waals surface area contributed by atoms with Gasteiger partial charge < -0.3 is 16.0 Å². The molecule has 3 N–H and O–H groups in total. The van der Waals surface area contributed by atoms with Gasteiger partial charge in [0.1, 0.15) is 6.04 Å². The van der Waals surface area contributed by atoms with Crippen LogP contribution in [-0.4, -0.2) is 37.5 Å². The van der Waals surface area contributed by atoms with Gasteiger partial charge in [-0.1, -0.05) is 25.4 Å². The number of benzene rings is 1. The van der Waals surface area contributed by atoms with E-state index in [1.165, 1.54) is 0 Å². The maximum absolute atomic E-state index is 12.5. The van der Waals surface area contributed by atoms with E-state index in [9.17, 15) is 9.59 Å². The summed E-state index contributed by atoms with van der Waals surface area (Å²) in [6.45, 7) is 6.48. The number of hydrogen-bond donors (Lipinski definition) is 3. The van der Waals surface area contributed by atoms with Gasteiger partial charge in [-0.05, 0) is 62.0 Å². The molecule has 1 aromatic carbocycles. The predicted molar refractivity (Wildman–Crippen MR) is 96.1 cm³/mol. The van der Waals surface area contributed by atoms with Crippen molar-refractivity contribution in [3.63, 3.8) is 0 Å². The minimum Gasteiger partial charge on any atom is -0.354 e. The van der Waals surface area contributed by atoms with Crippen molar-refractivity contribution in [2.24, 2.45) is 11.8 Å². The molecule has 2 unspecified atom stereocenters. The largest absolute Gasteiger partial charge is 0.354 e. The maximum atomic E-state index is 12.5. The summed E-state index contributed by atoms with van der Waals surface area (Å²) < 4.78 is 0. The Balaban J connectivity index is 1.91. The minimum atomic E-state index is -0.551. The molecule has 0 aliphatic carbocycles. The summed E-state index contributed by atoms with van der Waals surface area (Å²) in [6.07, 6.45) is 2.26. The molecule has 0 saturated carbocycles. The molecule has 1 aliphatic heterocycles. The van der Waals surface area contributed by atoms with Gasteiger partial charge in [0.25, 0.3) is 5.91 Å². The Kier molecular flexibility index (Phi) is 7.06. The van der Waals surface area contributed by atoms with Crippen molar-refractivity contribution in [3.05, 3.63) is 34.9 Å². The third kappa shape index (κ3) is 5.49. The zero-order valence-electron chi connectivity index (χ0n) is 14.3. The van der Waals surface area contributed by atoms with Gasteiger partial charge in [-0.25, -0.2) is 0 Å². The van der Waals surface area contributed by atoms with Gasteiger partial charge in [0.05, 0.1) is 0 Å². The zero-order valence-corrected chi connectivity index (χ0v) is 15.0. The normalized spacial score (nSPS) is 18.9. The quantitative estimate of drug-likeness (QED) is 0.736. The molecule has 132 valence electrons. The molecule has 0 spiro atoms. The van der Waals surface area contributed by atoms with E-state index < -0.39 is 6.04 Å². The highest BCUT2D eigenvalue weighted by molar-refractivity contribution is 6.30. The number of nitrogens with one attached hydrogen (secondary N) is 3. The Hall–Kier alpha value is -1.59. The van der Waals surface area contributed by atoms with Crippen LogP contribution in [-0.2, 0) is 4.79 Å². The first-order chi connectivity index (χ1) is 11.5. The second-order valence-electron chi connectivity index (χ2n) is 6.66. The first-order valence-corrected chi connectivity index (χ1v) is 8.90. The van der Waals surface area contributed by atoms with Gasteiger partial charge in [0.2, 0.25) is 5.91 Å². The topological polar surface area (TPSA) is 70.2 Å². The highest BCUT2D eigenvalue weighted by Gasteiger charge is 2.25. The minimum absolute atomic E-state index is 0.00531. The van der Waals surface area contributed by atoms with E-state index in [-0.39, 0.29) is 17.7 Å². The molecule has 0 radical (unpaired) electrons. The summed E-state index contributed by atoms with van der Waals surface area (Å²) in [5.41, 5.74) is 0.495. The van der Waals surface area contributed by atoms with Crippen molar-refractivity contribution in [2.45, 2.75) is 32.7 Å². The average Bonchev–Trinajstić information content (AvgIpc) is 2.58. The first-order valence-electron chi connectivity index (χ1n) is 8.52. The molecule has 0 aromatic heterocycles. The summed E-state index contributed by atoms with van der Waals surface area (Å²) in [5.74, 6) is 0.0750. The Morgan fingerprint density at radius 2 is 2.00 bits per heavy atom. The molecule has 1 aromatic rings. The SMILES string of the molecule is CC(C)C(NC(=O)c1ccc(Cl)cc1)C(=O)NCC1CCCNC1. The van der Waals surface area contributed by atoms with Gasteiger partial charge in [-0.3, -0.25) is 9.59 Å². The maximum Gasteiger partial charge on any atom is 0.251 e. The van der Waals surface area contributed by atoms with Crippen molar-refractivity contribution < 1.29 is 9.59 Å². The van der Waals surface area contributed by atoms with Gasteiger partial charge in [0.15, 0.2) is 0 Å². The Morgan fingerprint density at radius 3 is 2.58 bits per heavy atom.